The van der Waals surface area contributed by atoms with Crippen LogP contribution in [0.15, 0.2) is 66.5 Å². The first-order chi connectivity index (χ1) is 12.6. The van der Waals surface area contributed by atoms with Gasteiger partial charge in [0.25, 0.3) is 0 Å². The van der Waals surface area contributed by atoms with Gasteiger partial charge in [0.05, 0.1) is 11.8 Å². The van der Waals surface area contributed by atoms with Gasteiger partial charge in [-0.05, 0) is 62.3 Å². The minimum atomic E-state index is -0.102. The van der Waals surface area contributed by atoms with Crippen molar-refractivity contribution in [3.8, 4) is 0 Å². The Balaban J connectivity index is 1.47. The number of para-hydroxylation sites is 1. The van der Waals surface area contributed by atoms with Gasteiger partial charge in [0, 0.05) is 17.1 Å². The van der Waals surface area contributed by atoms with Crippen molar-refractivity contribution in [3.63, 3.8) is 0 Å². The van der Waals surface area contributed by atoms with Crippen LogP contribution in [0.3, 0.4) is 0 Å². The number of fused-ring (bicyclic) bond motifs is 5. The lowest BCUT2D eigenvalue weighted by Gasteiger charge is -2.19. The zero-order chi connectivity index (χ0) is 18.3. The summed E-state index contributed by atoms with van der Waals surface area (Å²) in [7, 11) is 0. The molecule has 2 amide bonds. The summed E-state index contributed by atoms with van der Waals surface area (Å²) in [6.45, 7) is 5.93. The van der Waals surface area contributed by atoms with Gasteiger partial charge >= 0.3 is 0 Å². The molecule has 4 rings (SSSR count). The van der Waals surface area contributed by atoms with Gasteiger partial charge in [0.15, 0.2) is 0 Å². The summed E-state index contributed by atoms with van der Waals surface area (Å²) >= 11 is 0. The van der Waals surface area contributed by atoms with E-state index < -0.39 is 0 Å². The standard InChI is InChI=1S/C22H24N2O2/c1-3-17(23-18-7-5-4-6-8-18)12-9-14(2)24-21(25)19-15-10-11-16(13-15)20(19)22(24)26/h3-9,12,15-16,19-20,23H,2,10-11,13H2,1H3/b12-9-,17-3+. The largest absolute Gasteiger partial charge is 0.356 e. The highest BCUT2D eigenvalue weighted by molar-refractivity contribution is 6.07. The zero-order valence-electron chi connectivity index (χ0n) is 15.0. The maximum absolute atomic E-state index is 12.8. The summed E-state index contributed by atoms with van der Waals surface area (Å²) < 4.78 is 0. The van der Waals surface area contributed by atoms with Crippen LogP contribution >= 0.6 is 0 Å². The number of benzene rings is 1. The Morgan fingerprint density at radius 2 is 1.69 bits per heavy atom. The molecule has 1 aromatic rings. The Hall–Kier alpha value is -2.62. The first kappa shape index (κ1) is 16.8. The number of amides is 2. The van der Waals surface area contributed by atoms with E-state index in [4.69, 9.17) is 0 Å². The van der Waals surface area contributed by atoms with Crippen LogP contribution in [-0.4, -0.2) is 16.7 Å². The second-order valence-electron chi connectivity index (χ2n) is 7.46. The van der Waals surface area contributed by atoms with E-state index in [-0.39, 0.29) is 23.7 Å². The molecule has 0 radical (unpaired) electrons. The number of nitrogens with zero attached hydrogens (tertiary/aromatic N) is 1. The van der Waals surface area contributed by atoms with E-state index in [1.165, 1.54) is 4.90 Å². The number of hydrogen-bond acceptors (Lipinski definition) is 3. The maximum atomic E-state index is 12.8. The van der Waals surface area contributed by atoms with Crippen LogP contribution in [0.1, 0.15) is 26.2 Å². The lowest BCUT2D eigenvalue weighted by atomic mass is 9.81. The molecule has 1 heterocycles. The Morgan fingerprint density at radius 1 is 1.08 bits per heavy atom. The lowest BCUT2D eigenvalue weighted by molar-refractivity contribution is -0.138. The van der Waals surface area contributed by atoms with Gasteiger partial charge in [-0.2, -0.15) is 0 Å². The molecule has 2 saturated carbocycles. The second kappa shape index (κ2) is 6.60. The van der Waals surface area contributed by atoms with Crippen LogP contribution in [0.5, 0.6) is 0 Å². The molecular weight excluding hydrogens is 324 g/mol. The quantitative estimate of drug-likeness (QED) is 0.644. The van der Waals surface area contributed by atoms with E-state index in [2.05, 4.69) is 11.9 Å². The van der Waals surface area contributed by atoms with Gasteiger partial charge in [-0.3, -0.25) is 14.5 Å². The van der Waals surface area contributed by atoms with Gasteiger partial charge in [0.2, 0.25) is 11.8 Å². The molecule has 4 heteroatoms. The van der Waals surface area contributed by atoms with Crippen molar-refractivity contribution in [1.29, 1.82) is 0 Å². The maximum Gasteiger partial charge on any atom is 0.237 e. The molecule has 1 aromatic carbocycles. The Bertz CT molecular complexity index is 781. The fourth-order valence-electron chi connectivity index (χ4n) is 4.85. The fraction of sp³-hybridized carbons (Fsp3) is 0.364. The van der Waals surface area contributed by atoms with E-state index >= 15 is 0 Å². The minimum Gasteiger partial charge on any atom is -0.356 e. The third-order valence-corrected chi connectivity index (χ3v) is 6.04. The molecule has 4 nitrogen and oxygen atoms in total. The van der Waals surface area contributed by atoms with Gasteiger partial charge in [-0.25, -0.2) is 0 Å². The fourth-order valence-corrected chi connectivity index (χ4v) is 4.85. The highest BCUT2D eigenvalue weighted by atomic mass is 16.2. The van der Waals surface area contributed by atoms with E-state index in [9.17, 15) is 9.59 Å². The van der Waals surface area contributed by atoms with E-state index in [0.717, 1.165) is 30.6 Å². The molecule has 134 valence electrons. The Kier molecular flexibility index (Phi) is 4.27. The van der Waals surface area contributed by atoms with E-state index in [1.54, 1.807) is 6.08 Å². The highest BCUT2D eigenvalue weighted by Gasteiger charge is 2.61. The molecule has 0 aromatic heterocycles. The van der Waals surface area contributed by atoms with Gasteiger partial charge in [0.1, 0.15) is 0 Å². The Morgan fingerprint density at radius 3 is 2.27 bits per heavy atom. The number of carbonyl (C=O) groups is 2. The van der Waals surface area contributed by atoms with Crippen molar-refractivity contribution in [2.24, 2.45) is 23.7 Å². The molecule has 2 bridgehead atoms. The molecular formula is C22H24N2O2. The van der Waals surface area contributed by atoms with E-state index in [1.807, 2.05) is 49.4 Å². The van der Waals surface area contributed by atoms with Gasteiger partial charge in [-0.15, -0.1) is 0 Å². The third kappa shape index (κ3) is 2.70. The minimum absolute atomic E-state index is 0.0418. The van der Waals surface area contributed by atoms with Crippen molar-refractivity contribution >= 4 is 17.5 Å². The predicted molar refractivity (Wildman–Crippen MR) is 102 cm³/mol. The summed E-state index contributed by atoms with van der Waals surface area (Å²) in [6.07, 6.45) is 8.78. The molecule has 1 N–H and O–H groups in total. The van der Waals surface area contributed by atoms with Crippen LogP contribution < -0.4 is 5.32 Å². The van der Waals surface area contributed by atoms with Crippen molar-refractivity contribution in [3.05, 3.63) is 66.5 Å². The average Bonchev–Trinajstić information content (AvgIpc) is 3.33. The third-order valence-electron chi connectivity index (χ3n) is 6.04. The zero-order valence-corrected chi connectivity index (χ0v) is 15.0. The number of rotatable bonds is 5. The molecule has 4 unspecified atom stereocenters. The van der Waals surface area contributed by atoms with Gasteiger partial charge in [-0.1, -0.05) is 30.9 Å². The van der Waals surface area contributed by atoms with Crippen molar-refractivity contribution in [2.75, 3.05) is 5.32 Å². The SMILES string of the molecule is C=C(/C=C\C(=C/C)Nc1ccccc1)N1C(=O)C2C3CCC(C3)C2C1=O. The van der Waals surface area contributed by atoms with Crippen molar-refractivity contribution in [2.45, 2.75) is 26.2 Å². The van der Waals surface area contributed by atoms with Crippen molar-refractivity contribution in [1.82, 2.24) is 4.90 Å². The molecule has 2 aliphatic carbocycles. The number of nitrogens with one attached hydrogen (secondary N) is 1. The van der Waals surface area contributed by atoms with Crippen LogP contribution in [0.4, 0.5) is 5.69 Å². The predicted octanol–water partition coefficient (Wildman–Crippen LogP) is 4.10. The monoisotopic (exact) mass is 348 g/mol. The molecule has 3 fully saturated rings. The normalized spacial score (nSPS) is 30.3. The summed E-state index contributed by atoms with van der Waals surface area (Å²) in [5, 5.41) is 3.31. The number of carbonyl (C=O) groups excluding carboxylic acids is 2. The topological polar surface area (TPSA) is 49.4 Å². The first-order valence-corrected chi connectivity index (χ1v) is 9.33. The van der Waals surface area contributed by atoms with Crippen LogP contribution in [0.2, 0.25) is 0 Å². The van der Waals surface area contributed by atoms with Crippen LogP contribution in [0, 0.1) is 23.7 Å². The number of likely N-dealkylation sites (tertiary alicyclic amines) is 1. The van der Waals surface area contributed by atoms with E-state index in [0.29, 0.717) is 17.5 Å². The molecule has 1 aliphatic heterocycles. The first-order valence-electron chi connectivity index (χ1n) is 9.33. The summed E-state index contributed by atoms with van der Waals surface area (Å²) in [5.74, 6) is 0.507. The van der Waals surface area contributed by atoms with Crippen molar-refractivity contribution < 1.29 is 9.59 Å². The molecule has 1 saturated heterocycles. The number of allylic oxidation sites excluding steroid dienone is 3. The smallest absolute Gasteiger partial charge is 0.237 e. The number of hydrogen-bond donors (Lipinski definition) is 1. The molecule has 4 atom stereocenters. The summed E-state index contributed by atoms with van der Waals surface area (Å²) in [6, 6.07) is 9.86. The summed E-state index contributed by atoms with van der Waals surface area (Å²) in [4.78, 5) is 27.0. The average molecular weight is 348 g/mol. The number of anilines is 1. The molecule has 0 spiro atoms. The number of imide groups is 1. The Labute approximate surface area is 154 Å². The second-order valence-corrected chi connectivity index (χ2v) is 7.46. The van der Waals surface area contributed by atoms with Gasteiger partial charge < -0.3 is 5.32 Å². The molecule has 26 heavy (non-hydrogen) atoms. The summed E-state index contributed by atoms with van der Waals surface area (Å²) in [5.41, 5.74) is 2.33. The van der Waals surface area contributed by atoms with Crippen LogP contribution in [0.25, 0.3) is 0 Å². The molecule has 3 aliphatic rings. The van der Waals surface area contributed by atoms with Crippen LogP contribution in [-0.2, 0) is 9.59 Å². The lowest BCUT2D eigenvalue weighted by Crippen LogP contribution is -2.31. The highest BCUT2D eigenvalue weighted by Crippen LogP contribution is 2.56.